The van der Waals surface area contributed by atoms with Crippen molar-refractivity contribution in [2.24, 2.45) is 0 Å². The molecule has 0 spiro atoms. The highest BCUT2D eigenvalue weighted by Crippen LogP contribution is 2.19. The fourth-order valence-electron chi connectivity index (χ4n) is 2.26. The van der Waals surface area contributed by atoms with Gasteiger partial charge in [-0.3, -0.25) is 0 Å². The van der Waals surface area contributed by atoms with Crippen LogP contribution in [0.4, 0.5) is 21.8 Å². The Kier molecular flexibility index (Phi) is 3.96. The van der Waals surface area contributed by atoms with E-state index in [1.165, 1.54) is 12.1 Å². The van der Waals surface area contributed by atoms with Gasteiger partial charge in [0.1, 0.15) is 11.6 Å². The molecule has 1 N–H and O–H groups in total. The first-order valence-corrected chi connectivity index (χ1v) is 6.92. The number of rotatable bonds is 3. The van der Waals surface area contributed by atoms with Gasteiger partial charge in [-0.25, -0.2) is 9.37 Å². The number of aromatic nitrogens is 2. The molecule has 2 heterocycles. The van der Waals surface area contributed by atoms with Gasteiger partial charge in [0.2, 0.25) is 5.95 Å². The molecule has 5 nitrogen and oxygen atoms in total. The standard InChI is InChI=1S/C15H17FN4O/c1-11-9-14(20-5-7-21-8-6-20)19-15(17-11)18-13-4-2-3-12(16)10-13/h2-4,9-10H,5-8H2,1H3,(H,17,18,19). The summed E-state index contributed by atoms with van der Waals surface area (Å²) in [6.45, 7) is 4.96. The maximum absolute atomic E-state index is 13.2. The third kappa shape index (κ3) is 3.46. The Bertz CT molecular complexity index is 629. The number of nitrogens with one attached hydrogen (secondary N) is 1. The summed E-state index contributed by atoms with van der Waals surface area (Å²) >= 11 is 0. The van der Waals surface area contributed by atoms with E-state index in [0.717, 1.165) is 24.6 Å². The van der Waals surface area contributed by atoms with Crippen LogP contribution in [0.5, 0.6) is 0 Å². The maximum atomic E-state index is 13.2. The Morgan fingerprint density at radius 1 is 1.19 bits per heavy atom. The zero-order valence-electron chi connectivity index (χ0n) is 11.8. The van der Waals surface area contributed by atoms with Gasteiger partial charge < -0.3 is 15.0 Å². The Labute approximate surface area is 122 Å². The van der Waals surface area contributed by atoms with Crippen LogP contribution >= 0.6 is 0 Å². The van der Waals surface area contributed by atoms with Crippen LogP contribution in [0.3, 0.4) is 0 Å². The Morgan fingerprint density at radius 3 is 2.76 bits per heavy atom. The first kappa shape index (κ1) is 13.8. The van der Waals surface area contributed by atoms with E-state index in [1.807, 2.05) is 13.0 Å². The molecule has 21 heavy (non-hydrogen) atoms. The molecule has 3 rings (SSSR count). The summed E-state index contributed by atoms with van der Waals surface area (Å²) in [7, 11) is 0. The summed E-state index contributed by atoms with van der Waals surface area (Å²) in [5, 5.41) is 3.04. The monoisotopic (exact) mass is 288 g/mol. The number of halogens is 1. The van der Waals surface area contributed by atoms with Crippen LogP contribution in [0.2, 0.25) is 0 Å². The Balaban J connectivity index is 1.83. The molecule has 1 aliphatic rings. The number of hydrogen-bond donors (Lipinski definition) is 1. The first-order chi connectivity index (χ1) is 10.2. The average Bonchev–Trinajstić information content (AvgIpc) is 2.47. The third-order valence-electron chi connectivity index (χ3n) is 3.26. The largest absolute Gasteiger partial charge is 0.378 e. The highest BCUT2D eigenvalue weighted by atomic mass is 19.1. The molecule has 1 aromatic carbocycles. The molecule has 1 saturated heterocycles. The molecular weight excluding hydrogens is 271 g/mol. The van der Waals surface area contributed by atoms with Crippen molar-refractivity contribution in [3.63, 3.8) is 0 Å². The fraction of sp³-hybridized carbons (Fsp3) is 0.333. The van der Waals surface area contributed by atoms with Crippen LogP contribution < -0.4 is 10.2 Å². The minimum atomic E-state index is -0.291. The van der Waals surface area contributed by atoms with E-state index in [2.05, 4.69) is 20.2 Å². The summed E-state index contributed by atoms with van der Waals surface area (Å²) in [6, 6.07) is 8.20. The lowest BCUT2D eigenvalue weighted by atomic mass is 10.3. The molecule has 0 unspecified atom stereocenters. The van der Waals surface area contributed by atoms with E-state index in [9.17, 15) is 4.39 Å². The molecule has 0 bridgehead atoms. The first-order valence-electron chi connectivity index (χ1n) is 6.92. The second-order valence-electron chi connectivity index (χ2n) is 4.93. The van der Waals surface area contributed by atoms with Gasteiger partial charge in [-0.1, -0.05) is 6.07 Å². The van der Waals surface area contributed by atoms with Crippen molar-refractivity contribution >= 4 is 17.5 Å². The van der Waals surface area contributed by atoms with Gasteiger partial charge in [0.05, 0.1) is 13.2 Å². The lowest BCUT2D eigenvalue weighted by molar-refractivity contribution is 0.122. The molecule has 0 aliphatic carbocycles. The predicted molar refractivity (Wildman–Crippen MR) is 79.5 cm³/mol. The molecule has 0 radical (unpaired) electrons. The van der Waals surface area contributed by atoms with Crippen molar-refractivity contribution in [2.75, 3.05) is 36.5 Å². The van der Waals surface area contributed by atoms with Crippen LogP contribution in [0, 0.1) is 12.7 Å². The summed E-state index contributed by atoms with van der Waals surface area (Å²) in [4.78, 5) is 11.0. The SMILES string of the molecule is Cc1cc(N2CCOCC2)nc(Nc2cccc(F)c2)n1. The van der Waals surface area contributed by atoms with E-state index in [4.69, 9.17) is 4.74 Å². The van der Waals surface area contributed by atoms with Crippen LogP contribution in [-0.2, 0) is 4.74 Å². The predicted octanol–water partition coefficient (Wildman–Crippen LogP) is 2.50. The van der Waals surface area contributed by atoms with Crippen molar-refractivity contribution < 1.29 is 9.13 Å². The van der Waals surface area contributed by atoms with Crippen molar-refractivity contribution in [3.8, 4) is 0 Å². The molecule has 0 amide bonds. The number of ether oxygens (including phenoxy) is 1. The molecule has 110 valence electrons. The van der Waals surface area contributed by atoms with Crippen molar-refractivity contribution in [2.45, 2.75) is 6.92 Å². The number of anilines is 3. The minimum absolute atomic E-state index is 0.291. The van der Waals surface area contributed by atoms with Gasteiger partial charge in [0, 0.05) is 30.5 Å². The second kappa shape index (κ2) is 6.05. The van der Waals surface area contributed by atoms with E-state index in [0.29, 0.717) is 24.8 Å². The zero-order chi connectivity index (χ0) is 14.7. The second-order valence-corrected chi connectivity index (χ2v) is 4.93. The van der Waals surface area contributed by atoms with Gasteiger partial charge in [-0.05, 0) is 25.1 Å². The summed E-state index contributed by atoms with van der Waals surface area (Å²) < 4.78 is 18.6. The average molecular weight is 288 g/mol. The molecule has 1 fully saturated rings. The molecule has 0 saturated carbocycles. The number of benzene rings is 1. The van der Waals surface area contributed by atoms with Crippen LogP contribution in [0.1, 0.15) is 5.69 Å². The molecule has 2 aromatic rings. The highest BCUT2D eigenvalue weighted by molar-refractivity contribution is 5.55. The highest BCUT2D eigenvalue weighted by Gasteiger charge is 2.14. The number of aryl methyl sites for hydroxylation is 1. The number of hydrogen-bond acceptors (Lipinski definition) is 5. The molecule has 1 aromatic heterocycles. The Morgan fingerprint density at radius 2 is 2.00 bits per heavy atom. The normalized spacial score (nSPS) is 15.0. The number of morpholine rings is 1. The molecular formula is C15H17FN4O. The van der Waals surface area contributed by atoms with E-state index < -0.39 is 0 Å². The fourth-order valence-corrected chi connectivity index (χ4v) is 2.26. The zero-order valence-corrected chi connectivity index (χ0v) is 11.8. The van der Waals surface area contributed by atoms with E-state index in [-0.39, 0.29) is 5.82 Å². The third-order valence-corrected chi connectivity index (χ3v) is 3.26. The van der Waals surface area contributed by atoms with Gasteiger partial charge in [0.25, 0.3) is 0 Å². The van der Waals surface area contributed by atoms with Crippen LogP contribution in [0.15, 0.2) is 30.3 Å². The van der Waals surface area contributed by atoms with Crippen LogP contribution in [-0.4, -0.2) is 36.3 Å². The maximum Gasteiger partial charge on any atom is 0.229 e. The smallest absolute Gasteiger partial charge is 0.229 e. The minimum Gasteiger partial charge on any atom is -0.378 e. The Hall–Kier alpha value is -2.21. The summed E-state index contributed by atoms with van der Waals surface area (Å²) in [6.07, 6.45) is 0. The quantitative estimate of drug-likeness (QED) is 0.940. The van der Waals surface area contributed by atoms with Gasteiger partial charge in [0.15, 0.2) is 0 Å². The van der Waals surface area contributed by atoms with Crippen LogP contribution in [0.25, 0.3) is 0 Å². The topological polar surface area (TPSA) is 50.3 Å². The lowest BCUT2D eigenvalue weighted by Gasteiger charge is -2.28. The molecule has 1 aliphatic heterocycles. The summed E-state index contributed by atoms with van der Waals surface area (Å²) in [5.74, 6) is 1.05. The lowest BCUT2D eigenvalue weighted by Crippen LogP contribution is -2.36. The van der Waals surface area contributed by atoms with Gasteiger partial charge >= 0.3 is 0 Å². The van der Waals surface area contributed by atoms with Crippen molar-refractivity contribution in [1.82, 2.24) is 9.97 Å². The van der Waals surface area contributed by atoms with Gasteiger partial charge in [-0.15, -0.1) is 0 Å². The van der Waals surface area contributed by atoms with E-state index in [1.54, 1.807) is 12.1 Å². The molecule has 6 heteroatoms. The molecule has 0 atom stereocenters. The van der Waals surface area contributed by atoms with Crippen molar-refractivity contribution in [1.29, 1.82) is 0 Å². The number of nitrogens with zero attached hydrogens (tertiary/aromatic N) is 3. The van der Waals surface area contributed by atoms with Crippen molar-refractivity contribution in [3.05, 3.63) is 41.8 Å². The van der Waals surface area contributed by atoms with Gasteiger partial charge in [-0.2, -0.15) is 4.98 Å². The summed E-state index contributed by atoms with van der Waals surface area (Å²) in [5.41, 5.74) is 1.50. The van der Waals surface area contributed by atoms with E-state index >= 15 is 0 Å².